The van der Waals surface area contributed by atoms with Gasteiger partial charge in [0.25, 0.3) is 0 Å². The van der Waals surface area contributed by atoms with Gasteiger partial charge in [0.15, 0.2) is 0 Å². The quantitative estimate of drug-likeness (QED) is 0.813. The van der Waals surface area contributed by atoms with Crippen molar-refractivity contribution < 1.29 is 0 Å². The van der Waals surface area contributed by atoms with E-state index in [1.54, 1.807) is 0 Å². The Hall–Kier alpha value is -1.48. The molecular formula is C17H22N2S. The fourth-order valence-corrected chi connectivity index (χ4v) is 3.00. The summed E-state index contributed by atoms with van der Waals surface area (Å²) in [5.41, 5.74) is 3.39. The summed E-state index contributed by atoms with van der Waals surface area (Å²) < 4.78 is 0.707. The smallest absolute Gasteiger partial charge is 0.132 e. The number of H-pyrrole nitrogens is 1. The molecule has 0 amide bonds. The zero-order chi connectivity index (χ0) is 14.8. The van der Waals surface area contributed by atoms with Crippen molar-refractivity contribution in [1.82, 2.24) is 9.97 Å². The minimum absolute atomic E-state index is 0.0900. The lowest BCUT2D eigenvalue weighted by Crippen LogP contribution is -2.29. The number of aryl methyl sites for hydroxylation is 1. The minimum atomic E-state index is -0.0900. The molecule has 0 bridgehead atoms. The number of hydrogen-bond acceptors (Lipinski definition) is 2. The predicted molar refractivity (Wildman–Crippen MR) is 86.7 cm³/mol. The molecule has 0 spiro atoms. The summed E-state index contributed by atoms with van der Waals surface area (Å²) in [7, 11) is 0. The van der Waals surface area contributed by atoms with Crippen LogP contribution in [0, 0.1) is 18.5 Å². The van der Waals surface area contributed by atoms with Crippen LogP contribution in [0.5, 0.6) is 0 Å². The number of aromatic amines is 1. The van der Waals surface area contributed by atoms with E-state index in [0.29, 0.717) is 4.64 Å². The molecule has 0 saturated heterocycles. The van der Waals surface area contributed by atoms with Gasteiger partial charge in [0.05, 0.1) is 5.41 Å². The molecule has 0 atom stereocenters. The molecule has 0 radical (unpaired) electrons. The zero-order valence-corrected chi connectivity index (χ0v) is 13.5. The van der Waals surface area contributed by atoms with Gasteiger partial charge in [-0.1, -0.05) is 56.4 Å². The summed E-state index contributed by atoms with van der Waals surface area (Å²) in [5, 5.41) is 0. The molecule has 106 valence electrons. The Morgan fingerprint density at radius 3 is 2.20 bits per heavy atom. The van der Waals surface area contributed by atoms with Crippen molar-refractivity contribution in [2.24, 2.45) is 0 Å². The van der Waals surface area contributed by atoms with E-state index in [4.69, 9.17) is 12.2 Å². The predicted octanol–water partition coefficient (Wildman–Crippen LogP) is 4.86. The summed E-state index contributed by atoms with van der Waals surface area (Å²) in [6.07, 6.45) is 1.99. The van der Waals surface area contributed by atoms with Crippen molar-refractivity contribution in [3.05, 3.63) is 57.6 Å². The van der Waals surface area contributed by atoms with Crippen LogP contribution < -0.4 is 0 Å². The zero-order valence-electron chi connectivity index (χ0n) is 12.7. The van der Waals surface area contributed by atoms with E-state index < -0.39 is 0 Å². The average molecular weight is 286 g/mol. The summed E-state index contributed by atoms with van der Waals surface area (Å²) >= 11 is 5.41. The monoisotopic (exact) mass is 286 g/mol. The fraction of sp³-hybridized carbons (Fsp3) is 0.412. The van der Waals surface area contributed by atoms with Gasteiger partial charge in [-0.2, -0.15) is 0 Å². The normalized spacial score (nSPS) is 11.6. The average Bonchev–Trinajstić information content (AvgIpc) is 2.47. The number of nitrogens with zero attached hydrogens (tertiary/aromatic N) is 1. The lowest BCUT2D eigenvalue weighted by Gasteiger charge is -2.32. The van der Waals surface area contributed by atoms with Crippen LogP contribution in [0.2, 0.25) is 0 Å². The molecule has 3 heteroatoms. The first kappa shape index (κ1) is 14.9. The molecule has 1 aromatic heterocycles. The molecule has 0 aliphatic carbocycles. The highest BCUT2D eigenvalue weighted by atomic mass is 32.1. The topological polar surface area (TPSA) is 28.7 Å². The maximum atomic E-state index is 5.41. The molecule has 1 aromatic carbocycles. The first-order valence-corrected chi connectivity index (χ1v) is 7.59. The van der Waals surface area contributed by atoms with Gasteiger partial charge >= 0.3 is 0 Å². The molecule has 2 rings (SSSR count). The number of rotatable bonds is 4. The third kappa shape index (κ3) is 2.42. The highest BCUT2D eigenvalue weighted by molar-refractivity contribution is 7.71. The van der Waals surface area contributed by atoms with Gasteiger partial charge in [-0.3, -0.25) is 0 Å². The van der Waals surface area contributed by atoms with E-state index in [1.165, 1.54) is 5.56 Å². The summed E-state index contributed by atoms with van der Waals surface area (Å²) in [5.74, 6) is 0.988. The van der Waals surface area contributed by atoms with E-state index in [-0.39, 0.29) is 5.41 Å². The third-order valence-corrected chi connectivity index (χ3v) is 4.79. The Labute approximate surface area is 126 Å². The second-order valence-corrected chi connectivity index (χ2v) is 5.68. The van der Waals surface area contributed by atoms with Crippen LogP contribution in [0.25, 0.3) is 0 Å². The second-order valence-electron chi connectivity index (χ2n) is 5.30. The second kappa shape index (κ2) is 5.88. The highest BCUT2D eigenvalue weighted by Gasteiger charge is 2.33. The number of aromatic nitrogens is 2. The van der Waals surface area contributed by atoms with Gasteiger partial charge in [-0.25, -0.2) is 4.98 Å². The summed E-state index contributed by atoms with van der Waals surface area (Å²) in [4.78, 5) is 8.16. The van der Waals surface area contributed by atoms with E-state index in [2.05, 4.69) is 61.1 Å². The van der Waals surface area contributed by atoms with E-state index in [0.717, 1.165) is 29.9 Å². The third-order valence-electron chi connectivity index (χ3n) is 4.39. The van der Waals surface area contributed by atoms with Crippen LogP contribution in [0.3, 0.4) is 0 Å². The fourth-order valence-electron chi connectivity index (χ4n) is 2.76. The maximum Gasteiger partial charge on any atom is 0.132 e. The van der Waals surface area contributed by atoms with Crippen molar-refractivity contribution in [2.45, 2.75) is 46.0 Å². The summed E-state index contributed by atoms with van der Waals surface area (Å²) in [6.45, 7) is 8.51. The highest BCUT2D eigenvalue weighted by Crippen LogP contribution is 2.36. The Morgan fingerprint density at radius 1 is 1.10 bits per heavy atom. The first-order valence-electron chi connectivity index (χ1n) is 7.18. The largest absolute Gasteiger partial charge is 0.346 e. The van der Waals surface area contributed by atoms with Crippen LogP contribution in [0.4, 0.5) is 0 Å². The molecule has 1 N–H and O–H groups in total. The first-order chi connectivity index (χ1) is 9.55. The lowest BCUT2D eigenvalue weighted by molar-refractivity contribution is 0.447. The Morgan fingerprint density at radius 2 is 1.70 bits per heavy atom. The molecule has 0 saturated carbocycles. The molecule has 0 aliphatic rings. The van der Waals surface area contributed by atoms with Gasteiger partial charge in [0, 0.05) is 11.3 Å². The van der Waals surface area contributed by atoms with Gasteiger partial charge in [0.1, 0.15) is 10.5 Å². The van der Waals surface area contributed by atoms with Crippen LogP contribution in [-0.4, -0.2) is 9.97 Å². The van der Waals surface area contributed by atoms with E-state index in [9.17, 15) is 0 Å². The number of nitrogens with one attached hydrogen (secondary N) is 1. The standard InChI is InChI=1S/C17H22N2S/c1-5-17(6-2,14-10-8-7-9-11-14)16-18-13(4)12(3)15(20)19-16/h7-11H,5-6H2,1-4H3,(H,18,19,20). The van der Waals surface area contributed by atoms with Gasteiger partial charge in [-0.05, 0) is 32.3 Å². The molecule has 2 nitrogen and oxygen atoms in total. The van der Waals surface area contributed by atoms with Crippen LogP contribution in [-0.2, 0) is 5.41 Å². The molecule has 0 aliphatic heterocycles. The van der Waals surface area contributed by atoms with E-state index in [1.807, 2.05) is 6.92 Å². The molecule has 0 unspecified atom stereocenters. The Kier molecular flexibility index (Phi) is 4.39. The number of benzene rings is 1. The molecule has 0 fully saturated rings. The molecular weight excluding hydrogens is 264 g/mol. The van der Waals surface area contributed by atoms with Gasteiger partial charge in [0.2, 0.25) is 0 Å². The summed E-state index contributed by atoms with van der Waals surface area (Å²) in [6, 6.07) is 10.6. The van der Waals surface area contributed by atoms with Crippen molar-refractivity contribution >= 4 is 12.2 Å². The van der Waals surface area contributed by atoms with Crippen LogP contribution >= 0.6 is 12.2 Å². The molecule has 2 aromatic rings. The minimum Gasteiger partial charge on any atom is -0.346 e. The van der Waals surface area contributed by atoms with Gasteiger partial charge < -0.3 is 4.98 Å². The Bertz CT molecular complexity index is 640. The van der Waals surface area contributed by atoms with Gasteiger partial charge in [-0.15, -0.1) is 0 Å². The Balaban J connectivity index is 2.69. The van der Waals surface area contributed by atoms with Crippen LogP contribution in [0.15, 0.2) is 30.3 Å². The van der Waals surface area contributed by atoms with Crippen molar-refractivity contribution in [3.63, 3.8) is 0 Å². The molecule has 20 heavy (non-hydrogen) atoms. The van der Waals surface area contributed by atoms with Crippen molar-refractivity contribution in [1.29, 1.82) is 0 Å². The maximum absolute atomic E-state index is 5.41. The lowest BCUT2D eigenvalue weighted by atomic mass is 9.75. The van der Waals surface area contributed by atoms with E-state index >= 15 is 0 Å². The van der Waals surface area contributed by atoms with Crippen molar-refractivity contribution in [3.8, 4) is 0 Å². The number of hydrogen-bond donors (Lipinski definition) is 1. The SMILES string of the molecule is CCC(CC)(c1ccccc1)c1nc(=S)c(C)c(C)[nH]1. The van der Waals surface area contributed by atoms with Crippen LogP contribution in [0.1, 0.15) is 49.3 Å². The van der Waals surface area contributed by atoms with Crippen molar-refractivity contribution in [2.75, 3.05) is 0 Å². The molecule has 1 heterocycles.